The predicted molar refractivity (Wildman–Crippen MR) is 70.6 cm³/mol. The van der Waals surface area contributed by atoms with E-state index >= 15 is 0 Å². The Kier molecular flexibility index (Phi) is 4.74. The van der Waals surface area contributed by atoms with Crippen molar-refractivity contribution in [2.24, 2.45) is 12.5 Å². The van der Waals surface area contributed by atoms with Gasteiger partial charge in [-0.25, -0.2) is 13.1 Å². The predicted octanol–water partition coefficient (Wildman–Crippen LogP) is 1.51. The van der Waals surface area contributed by atoms with E-state index in [4.69, 9.17) is 0 Å². The van der Waals surface area contributed by atoms with E-state index in [2.05, 4.69) is 25.8 Å². The molecule has 7 heteroatoms. The minimum absolute atomic E-state index is 0.0707. The zero-order valence-corrected chi connectivity index (χ0v) is 12.7. The lowest BCUT2D eigenvalue weighted by molar-refractivity contribution is 0.354. The summed E-state index contributed by atoms with van der Waals surface area (Å²) in [6.45, 7) is 4.47. The number of hydrogen-bond donors (Lipinski definition) is 1. The van der Waals surface area contributed by atoms with Crippen molar-refractivity contribution in [1.82, 2.24) is 14.5 Å². The topological polar surface area (TPSA) is 64.0 Å². The van der Waals surface area contributed by atoms with Crippen LogP contribution in [0.25, 0.3) is 0 Å². The van der Waals surface area contributed by atoms with E-state index in [1.807, 2.05) is 13.8 Å². The van der Waals surface area contributed by atoms with Crippen molar-refractivity contribution in [1.29, 1.82) is 0 Å². The summed E-state index contributed by atoms with van der Waals surface area (Å²) in [6, 6.07) is 0. The number of sulfonamides is 1. The molecule has 1 rings (SSSR count). The molecule has 0 aromatic carbocycles. The lowest BCUT2D eigenvalue weighted by Gasteiger charge is -2.23. The van der Waals surface area contributed by atoms with Crippen LogP contribution in [0, 0.1) is 5.41 Å². The van der Waals surface area contributed by atoms with Crippen molar-refractivity contribution >= 4 is 26.0 Å². The minimum Gasteiger partial charge on any atom is -0.274 e. The second-order valence-electron chi connectivity index (χ2n) is 4.78. The second-order valence-corrected chi connectivity index (χ2v) is 7.34. The molecular weight excluding hydrogens is 306 g/mol. The number of rotatable bonds is 6. The summed E-state index contributed by atoms with van der Waals surface area (Å²) in [7, 11) is -1.75. The molecule has 98 valence electrons. The highest BCUT2D eigenvalue weighted by molar-refractivity contribution is 9.09. The molecule has 0 aliphatic heterocycles. The van der Waals surface area contributed by atoms with Crippen LogP contribution in [0.4, 0.5) is 0 Å². The number of nitrogens with one attached hydrogen (secondary N) is 1. The van der Waals surface area contributed by atoms with Gasteiger partial charge in [-0.1, -0.05) is 29.8 Å². The molecule has 0 aliphatic rings. The van der Waals surface area contributed by atoms with Crippen molar-refractivity contribution in [3.63, 3.8) is 0 Å². The highest BCUT2D eigenvalue weighted by atomic mass is 79.9. The van der Waals surface area contributed by atoms with Crippen molar-refractivity contribution in [3.8, 4) is 0 Å². The van der Waals surface area contributed by atoms with Gasteiger partial charge in [-0.05, 0) is 11.8 Å². The molecule has 5 nitrogen and oxygen atoms in total. The van der Waals surface area contributed by atoms with Crippen LogP contribution in [-0.2, 0) is 17.1 Å². The van der Waals surface area contributed by atoms with Crippen LogP contribution in [-0.4, -0.2) is 30.1 Å². The van der Waals surface area contributed by atoms with Gasteiger partial charge in [-0.3, -0.25) is 4.68 Å². The molecule has 0 aliphatic carbocycles. The zero-order chi connectivity index (χ0) is 13.1. The van der Waals surface area contributed by atoms with E-state index in [1.54, 1.807) is 7.05 Å². The summed E-state index contributed by atoms with van der Waals surface area (Å²) in [4.78, 5) is 0.203. The molecule has 0 amide bonds. The average molecular weight is 324 g/mol. The first kappa shape index (κ1) is 14.7. The number of aryl methyl sites for hydroxylation is 1. The Morgan fingerprint density at radius 1 is 1.53 bits per heavy atom. The van der Waals surface area contributed by atoms with Crippen LogP contribution in [0.3, 0.4) is 0 Å². The van der Waals surface area contributed by atoms with E-state index in [9.17, 15) is 8.42 Å². The van der Waals surface area contributed by atoms with Crippen LogP contribution in [0.2, 0.25) is 0 Å². The van der Waals surface area contributed by atoms with E-state index in [1.165, 1.54) is 17.1 Å². The Morgan fingerprint density at radius 3 is 2.65 bits per heavy atom. The Balaban J connectivity index is 2.69. The van der Waals surface area contributed by atoms with Gasteiger partial charge >= 0.3 is 0 Å². The molecule has 0 atom stereocenters. The molecule has 0 fully saturated rings. The van der Waals surface area contributed by atoms with Crippen molar-refractivity contribution in [3.05, 3.63) is 12.4 Å². The molecule has 0 unspecified atom stereocenters. The van der Waals surface area contributed by atoms with Crippen LogP contribution in [0.15, 0.2) is 17.3 Å². The average Bonchev–Trinajstić information content (AvgIpc) is 2.63. The number of alkyl halides is 1. The van der Waals surface area contributed by atoms with E-state index < -0.39 is 10.0 Å². The first-order chi connectivity index (χ1) is 7.77. The second kappa shape index (κ2) is 5.49. The van der Waals surface area contributed by atoms with E-state index in [0.717, 1.165) is 11.8 Å². The molecular formula is C10H18BrN3O2S. The highest BCUT2D eigenvalue weighted by Gasteiger charge is 2.22. The Hall–Kier alpha value is -0.400. The number of hydrogen-bond acceptors (Lipinski definition) is 3. The monoisotopic (exact) mass is 323 g/mol. The van der Waals surface area contributed by atoms with Gasteiger partial charge in [0.1, 0.15) is 4.90 Å². The zero-order valence-electron chi connectivity index (χ0n) is 10.3. The first-order valence-electron chi connectivity index (χ1n) is 5.31. The summed E-state index contributed by atoms with van der Waals surface area (Å²) >= 11 is 3.36. The van der Waals surface area contributed by atoms with Gasteiger partial charge < -0.3 is 0 Å². The van der Waals surface area contributed by atoms with Gasteiger partial charge in [0.2, 0.25) is 10.0 Å². The molecule has 17 heavy (non-hydrogen) atoms. The van der Waals surface area contributed by atoms with Gasteiger partial charge in [0.15, 0.2) is 0 Å². The lowest BCUT2D eigenvalue weighted by atomic mass is 9.91. The first-order valence-corrected chi connectivity index (χ1v) is 7.92. The maximum atomic E-state index is 11.9. The SMILES string of the molecule is Cn1cc(S(=O)(=O)NCC(C)(C)CCBr)cn1. The maximum absolute atomic E-state index is 11.9. The van der Waals surface area contributed by atoms with Crippen LogP contribution < -0.4 is 4.72 Å². The van der Waals surface area contributed by atoms with E-state index in [-0.39, 0.29) is 10.3 Å². The quantitative estimate of drug-likeness (QED) is 0.807. The van der Waals surface area contributed by atoms with Gasteiger partial charge in [0.05, 0.1) is 6.20 Å². The largest absolute Gasteiger partial charge is 0.274 e. The Labute approximate surface area is 111 Å². The third kappa shape index (κ3) is 4.40. The smallest absolute Gasteiger partial charge is 0.243 e. The fourth-order valence-corrected chi connectivity index (χ4v) is 3.55. The molecule has 0 radical (unpaired) electrons. The van der Waals surface area contributed by atoms with Crippen molar-refractivity contribution in [2.75, 3.05) is 11.9 Å². The molecule has 0 bridgehead atoms. The van der Waals surface area contributed by atoms with Gasteiger partial charge in [0.25, 0.3) is 0 Å². The number of nitrogens with zero attached hydrogens (tertiary/aromatic N) is 2. The molecule has 1 aromatic heterocycles. The molecule has 1 N–H and O–H groups in total. The van der Waals surface area contributed by atoms with Gasteiger partial charge in [0, 0.05) is 25.1 Å². The summed E-state index contributed by atoms with van der Waals surface area (Å²) in [5, 5.41) is 4.71. The summed E-state index contributed by atoms with van der Waals surface area (Å²) in [5.41, 5.74) is -0.0707. The fraction of sp³-hybridized carbons (Fsp3) is 0.700. The number of aromatic nitrogens is 2. The highest BCUT2D eigenvalue weighted by Crippen LogP contribution is 2.21. The molecule has 0 saturated carbocycles. The molecule has 1 heterocycles. The summed E-state index contributed by atoms with van der Waals surface area (Å²) in [6.07, 6.45) is 3.74. The van der Waals surface area contributed by atoms with E-state index in [0.29, 0.717) is 6.54 Å². The van der Waals surface area contributed by atoms with Crippen LogP contribution >= 0.6 is 15.9 Å². The lowest BCUT2D eigenvalue weighted by Crippen LogP contribution is -2.34. The number of halogens is 1. The van der Waals surface area contributed by atoms with Gasteiger partial charge in [-0.15, -0.1) is 0 Å². The standard InChI is InChI=1S/C10H18BrN3O2S/c1-10(2,4-5-11)8-13-17(15,16)9-6-12-14(3)7-9/h6-7,13H,4-5,8H2,1-3H3. The van der Waals surface area contributed by atoms with Crippen molar-refractivity contribution < 1.29 is 8.42 Å². The molecule has 0 spiro atoms. The molecule has 1 aromatic rings. The summed E-state index contributed by atoms with van der Waals surface area (Å²) < 4.78 is 27.9. The van der Waals surface area contributed by atoms with Crippen molar-refractivity contribution in [2.45, 2.75) is 25.2 Å². The summed E-state index contributed by atoms with van der Waals surface area (Å²) in [5.74, 6) is 0. The van der Waals surface area contributed by atoms with Crippen LogP contribution in [0.5, 0.6) is 0 Å². The van der Waals surface area contributed by atoms with Crippen LogP contribution in [0.1, 0.15) is 20.3 Å². The third-order valence-corrected chi connectivity index (χ3v) is 4.26. The maximum Gasteiger partial charge on any atom is 0.243 e. The minimum atomic E-state index is -3.44. The Morgan fingerprint density at radius 2 is 2.18 bits per heavy atom. The van der Waals surface area contributed by atoms with Gasteiger partial charge in [-0.2, -0.15) is 5.10 Å². The third-order valence-electron chi connectivity index (χ3n) is 2.50. The fourth-order valence-electron chi connectivity index (χ4n) is 1.26. The molecule has 0 saturated heterocycles. The normalized spacial score (nSPS) is 12.9. The Bertz CT molecular complexity index is 468.